The first kappa shape index (κ1) is 71.1. The van der Waals surface area contributed by atoms with Gasteiger partial charge in [0.05, 0.1) is 0 Å². The number of ether oxygens (including phenoxy) is 3. The third-order valence-electron chi connectivity index (χ3n) is 13.2. The highest BCUT2D eigenvalue weighted by molar-refractivity contribution is 5.71. The van der Waals surface area contributed by atoms with Crippen LogP contribution in [0.5, 0.6) is 0 Å². The molecule has 1 atom stereocenters. The van der Waals surface area contributed by atoms with E-state index >= 15 is 0 Å². The molecule has 0 aromatic rings. The van der Waals surface area contributed by atoms with E-state index in [-0.39, 0.29) is 31.1 Å². The van der Waals surface area contributed by atoms with Crippen LogP contribution in [-0.2, 0) is 28.6 Å². The predicted octanol–water partition coefficient (Wildman–Crippen LogP) is 21.4. The molecule has 0 spiro atoms. The van der Waals surface area contributed by atoms with Gasteiger partial charge < -0.3 is 14.2 Å². The number of allylic oxidation sites excluding steroid dienone is 18. The van der Waals surface area contributed by atoms with Gasteiger partial charge in [0.15, 0.2) is 6.10 Å². The van der Waals surface area contributed by atoms with Gasteiger partial charge in [0.2, 0.25) is 0 Å². The van der Waals surface area contributed by atoms with Crippen molar-refractivity contribution >= 4 is 17.9 Å². The molecule has 0 saturated carbocycles. The molecule has 6 nitrogen and oxygen atoms in total. The van der Waals surface area contributed by atoms with Crippen molar-refractivity contribution in [1.82, 2.24) is 0 Å². The van der Waals surface area contributed by atoms with Crippen molar-refractivity contribution in [2.45, 2.75) is 297 Å². The topological polar surface area (TPSA) is 78.9 Å². The molecule has 1 unspecified atom stereocenters. The summed E-state index contributed by atoms with van der Waals surface area (Å²) in [6.07, 6.45) is 85.1. The summed E-state index contributed by atoms with van der Waals surface area (Å²) in [6.45, 7) is 6.47. The van der Waals surface area contributed by atoms with E-state index in [1.54, 1.807) is 0 Å². The number of rotatable bonds is 56. The highest BCUT2D eigenvalue weighted by Gasteiger charge is 2.19. The monoisotopic (exact) mass is 1040 g/mol. The summed E-state index contributed by atoms with van der Waals surface area (Å²) in [5.74, 6) is -0.913. The van der Waals surface area contributed by atoms with Crippen LogP contribution in [-0.4, -0.2) is 37.2 Å². The Hall–Kier alpha value is -3.93. The van der Waals surface area contributed by atoms with Crippen LogP contribution < -0.4 is 0 Å². The Labute approximate surface area is 463 Å². The molecule has 0 amide bonds. The molecule has 0 aromatic carbocycles. The Kier molecular flexibility index (Phi) is 59.3. The quantitative estimate of drug-likeness (QED) is 0.0261. The van der Waals surface area contributed by atoms with E-state index in [2.05, 4.69) is 130 Å². The molecular weight excluding hydrogens is 925 g/mol. The summed E-state index contributed by atoms with van der Waals surface area (Å²) < 4.78 is 16.9. The van der Waals surface area contributed by atoms with Crippen LogP contribution in [0.4, 0.5) is 0 Å². The maximum atomic E-state index is 12.9. The lowest BCUT2D eigenvalue weighted by molar-refractivity contribution is -0.167. The standard InChI is InChI=1S/C69H116O6/c1-4-7-10-13-16-19-22-25-28-30-32-33-34-35-37-38-41-44-47-50-53-56-59-62-68(71)74-65-66(64-73-67(70)61-58-55-52-49-46-43-40-27-24-21-18-15-12-9-6-3)75-69(72)63-60-57-54-51-48-45-42-39-36-31-29-26-23-20-17-14-11-8-5-2/h7,10,16-21,25-29,32-33,35,37,40,66H,4-6,8-9,11-15,22-24,30-31,34,36,38-39,41-65H2,1-3H3/b10-7-,19-16-,20-17-,21-18-,28-25-,29-26-,33-32-,37-35-,40-27-. The number of esters is 3. The molecule has 0 rings (SSSR count). The molecule has 0 N–H and O–H groups in total. The van der Waals surface area contributed by atoms with Gasteiger partial charge in [0.1, 0.15) is 13.2 Å². The predicted molar refractivity (Wildman–Crippen MR) is 325 cm³/mol. The van der Waals surface area contributed by atoms with Crippen molar-refractivity contribution in [3.63, 3.8) is 0 Å². The minimum atomic E-state index is -0.794. The van der Waals surface area contributed by atoms with E-state index in [1.165, 1.54) is 122 Å². The Morgan fingerprint density at radius 1 is 0.280 bits per heavy atom. The van der Waals surface area contributed by atoms with E-state index in [1.807, 2.05) is 0 Å². The highest BCUT2D eigenvalue weighted by atomic mass is 16.6. The smallest absolute Gasteiger partial charge is 0.306 e. The minimum absolute atomic E-state index is 0.0910. The minimum Gasteiger partial charge on any atom is -0.462 e. The molecular formula is C69H116O6. The first-order chi connectivity index (χ1) is 37.0. The number of unbranched alkanes of at least 4 members (excludes halogenated alkanes) is 27. The van der Waals surface area contributed by atoms with Crippen LogP contribution in [0.2, 0.25) is 0 Å². The fraction of sp³-hybridized carbons (Fsp3) is 0.696. The normalized spacial score (nSPS) is 12.8. The van der Waals surface area contributed by atoms with Gasteiger partial charge in [-0.3, -0.25) is 14.4 Å². The lowest BCUT2D eigenvalue weighted by Gasteiger charge is -2.18. The molecule has 0 heterocycles. The highest BCUT2D eigenvalue weighted by Crippen LogP contribution is 2.15. The Bertz CT molecular complexity index is 1520. The van der Waals surface area contributed by atoms with Crippen molar-refractivity contribution < 1.29 is 28.6 Å². The van der Waals surface area contributed by atoms with Crippen LogP contribution in [0.1, 0.15) is 290 Å². The number of hydrogen-bond acceptors (Lipinski definition) is 6. The second-order valence-electron chi connectivity index (χ2n) is 20.6. The van der Waals surface area contributed by atoms with Gasteiger partial charge in [-0.15, -0.1) is 0 Å². The van der Waals surface area contributed by atoms with E-state index in [4.69, 9.17) is 14.2 Å². The molecule has 428 valence electrons. The Balaban J connectivity index is 4.42. The Morgan fingerprint density at radius 3 is 0.813 bits per heavy atom. The van der Waals surface area contributed by atoms with Gasteiger partial charge in [0, 0.05) is 19.3 Å². The number of carbonyl (C=O) groups is 3. The summed E-state index contributed by atoms with van der Waals surface area (Å²) in [6, 6.07) is 0. The van der Waals surface area contributed by atoms with E-state index < -0.39 is 6.10 Å². The SMILES string of the molecule is CC/C=C\C/C=C\C/C=C\C/C=C\C/C=C\CCCCCCCCCC(=O)OCC(COC(=O)CCCCCCC/C=C\C/C=C\CCCCC)OC(=O)CCCCCCCCCCC/C=C\C/C=C\CCCCC. The average Bonchev–Trinajstić information content (AvgIpc) is 3.41. The van der Waals surface area contributed by atoms with Gasteiger partial charge in [-0.05, 0) is 128 Å². The summed E-state index contributed by atoms with van der Waals surface area (Å²) >= 11 is 0. The maximum absolute atomic E-state index is 12.9. The number of carbonyl (C=O) groups excluding carboxylic acids is 3. The lowest BCUT2D eigenvalue weighted by Crippen LogP contribution is -2.30. The molecule has 0 radical (unpaired) electrons. The van der Waals surface area contributed by atoms with Crippen LogP contribution in [0.3, 0.4) is 0 Å². The first-order valence-electron chi connectivity index (χ1n) is 31.4. The fourth-order valence-electron chi connectivity index (χ4n) is 8.53. The van der Waals surface area contributed by atoms with Crippen LogP contribution in [0.25, 0.3) is 0 Å². The van der Waals surface area contributed by atoms with Crippen molar-refractivity contribution in [2.75, 3.05) is 13.2 Å². The summed E-state index contributed by atoms with van der Waals surface area (Å²) in [5.41, 5.74) is 0. The summed E-state index contributed by atoms with van der Waals surface area (Å²) in [4.78, 5) is 38.3. The van der Waals surface area contributed by atoms with Gasteiger partial charge in [-0.1, -0.05) is 252 Å². The van der Waals surface area contributed by atoms with E-state index in [0.717, 1.165) is 128 Å². The average molecular weight is 1040 g/mol. The number of hydrogen-bond donors (Lipinski definition) is 0. The molecule has 0 aliphatic carbocycles. The lowest BCUT2D eigenvalue weighted by atomic mass is 10.1. The summed E-state index contributed by atoms with van der Waals surface area (Å²) in [7, 11) is 0. The second kappa shape index (κ2) is 62.6. The Morgan fingerprint density at radius 2 is 0.520 bits per heavy atom. The second-order valence-corrected chi connectivity index (χ2v) is 20.6. The van der Waals surface area contributed by atoms with Gasteiger partial charge in [-0.25, -0.2) is 0 Å². The van der Waals surface area contributed by atoms with Crippen molar-refractivity contribution in [3.05, 3.63) is 109 Å². The van der Waals surface area contributed by atoms with Crippen LogP contribution in [0.15, 0.2) is 109 Å². The van der Waals surface area contributed by atoms with Crippen molar-refractivity contribution in [2.24, 2.45) is 0 Å². The van der Waals surface area contributed by atoms with Gasteiger partial charge in [0.25, 0.3) is 0 Å². The van der Waals surface area contributed by atoms with Crippen molar-refractivity contribution in [1.29, 1.82) is 0 Å². The molecule has 0 fully saturated rings. The summed E-state index contributed by atoms with van der Waals surface area (Å²) in [5, 5.41) is 0. The first-order valence-corrected chi connectivity index (χ1v) is 31.4. The third-order valence-corrected chi connectivity index (χ3v) is 13.2. The zero-order chi connectivity index (χ0) is 54.3. The van der Waals surface area contributed by atoms with Gasteiger partial charge >= 0.3 is 17.9 Å². The molecule has 0 aliphatic rings. The fourth-order valence-corrected chi connectivity index (χ4v) is 8.53. The third kappa shape index (κ3) is 60.8. The van der Waals surface area contributed by atoms with E-state index in [9.17, 15) is 14.4 Å². The zero-order valence-corrected chi connectivity index (χ0v) is 49.0. The van der Waals surface area contributed by atoms with Gasteiger partial charge in [-0.2, -0.15) is 0 Å². The van der Waals surface area contributed by atoms with Crippen molar-refractivity contribution in [3.8, 4) is 0 Å². The molecule has 0 saturated heterocycles. The van der Waals surface area contributed by atoms with E-state index in [0.29, 0.717) is 19.3 Å². The zero-order valence-electron chi connectivity index (χ0n) is 49.0. The molecule has 75 heavy (non-hydrogen) atoms. The molecule has 0 bridgehead atoms. The maximum Gasteiger partial charge on any atom is 0.306 e. The molecule has 6 heteroatoms. The van der Waals surface area contributed by atoms with Crippen LogP contribution >= 0.6 is 0 Å². The molecule has 0 aliphatic heterocycles. The van der Waals surface area contributed by atoms with Crippen LogP contribution in [0, 0.1) is 0 Å². The molecule has 0 aromatic heterocycles. The largest absolute Gasteiger partial charge is 0.462 e.